The standard InChI is InChI=1S/C17H14N4/c1-13-12-16(21-20-15-10-6-3-7-11-15)19-17(18-13)14-8-4-2-5-9-14/h2-12H,1H3. The zero-order valence-corrected chi connectivity index (χ0v) is 11.6. The lowest BCUT2D eigenvalue weighted by Crippen LogP contribution is -1.91. The van der Waals surface area contributed by atoms with Crippen LogP contribution in [0.25, 0.3) is 11.4 Å². The van der Waals surface area contributed by atoms with Crippen molar-refractivity contribution in [2.24, 2.45) is 10.2 Å². The molecule has 0 aliphatic heterocycles. The molecular formula is C17H14N4. The quantitative estimate of drug-likeness (QED) is 0.640. The van der Waals surface area contributed by atoms with Gasteiger partial charge in [0.2, 0.25) is 0 Å². The summed E-state index contributed by atoms with van der Waals surface area (Å²) in [6, 6.07) is 21.3. The molecule has 0 aliphatic rings. The van der Waals surface area contributed by atoms with Crippen molar-refractivity contribution in [3.8, 4) is 11.4 Å². The fraction of sp³-hybridized carbons (Fsp3) is 0.0588. The molecule has 0 N–H and O–H groups in total. The molecule has 0 bridgehead atoms. The van der Waals surface area contributed by atoms with Crippen LogP contribution in [0.1, 0.15) is 5.69 Å². The van der Waals surface area contributed by atoms with Gasteiger partial charge >= 0.3 is 0 Å². The zero-order chi connectivity index (χ0) is 14.5. The molecule has 21 heavy (non-hydrogen) atoms. The minimum absolute atomic E-state index is 0.560. The summed E-state index contributed by atoms with van der Waals surface area (Å²) in [7, 11) is 0. The third-order valence-electron chi connectivity index (χ3n) is 2.90. The maximum Gasteiger partial charge on any atom is 0.178 e. The molecule has 0 radical (unpaired) electrons. The predicted octanol–water partition coefficient (Wildman–Crippen LogP) is 4.87. The average molecular weight is 274 g/mol. The number of aryl methyl sites for hydroxylation is 1. The van der Waals surface area contributed by atoms with Crippen LogP contribution in [0.3, 0.4) is 0 Å². The molecule has 0 spiro atoms. The highest BCUT2D eigenvalue weighted by Crippen LogP contribution is 2.21. The van der Waals surface area contributed by atoms with E-state index in [1.54, 1.807) is 0 Å². The van der Waals surface area contributed by atoms with Crippen molar-refractivity contribution >= 4 is 11.5 Å². The normalized spacial score (nSPS) is 10.9. The number of rotatable bonds is 3. The van der Waals surface area contributed by atoms with Gasteiger partial charge in [-0.3, -0.25) is 0 Å². The van der Waals surface area contributed by atoms with Crippen LogP contribution in [0.2, 0.25) is 0 Å². The topological polar surface area (TPSA) is 50.5 Å². The lowest BCUT2D eigenvalue weighted by molar-refractivity contribution is 1.07. The second-order valence-corrected chi connectivity index (χ2v) is 4.59. The van der Waals surface area contributed by atoms with Crippen molar-refractivity contribution in [2.75, 3.05) is 0 Å². The summed E-state index contributed by atoms with van der Waals surface area (Å²) in [5, 5.41) is 8.38. The molecule has 0 unspecified atom stereocenters. The van der Waals surface area contributed by atoms with Gasteiger partial charge in [0.15, 0.2) is 11.6 Å². The maximum absolute atomic E-state index is 4.45. The van der Waals surface area contributed by atoms with Crippen LogP contribution in [-0.2, 0) is 0 Å². The number of benzene rings is 2. The van der Waals surface area contributed by atoms with Gasteiger partial charge in [0.25, 0.3) is 0 Å². The van der Waals surface area contributed by atoms with E-state index in [0.717, 1.165) is 16.9 Å². The molecule has 0 saturated heterocycles. The fourth-order valence-electron chi connectivity index (χ4n) is 1.92. The van der Waals surface area contributed by atoms with Gasteiger partial charge in [0.1, 0.15) is 0 Å². The molecule has 3 rings (SSSR count). The number of aromatic nitrogens is 2. The highest BCUT2D eigenvalue weighted by Gasteiger charge is 2.04. The summed E-state index contributed by atoms with van der Waals surface area (Å²) in [5.74, 6) is 1.22. The van der Waals surface area contributed by atoms with Gasteiger partial charge in [0, 0.05) is 17.3 Å². The first-order valence-electron chi connectivity index (χ1n) is 6.69. The largest absolute Gasteiger partial charge is 0.233 e. The van der Waals surface area contributed by atoms with E-state index in [2.05, 4.69) is 20.2 Å². The van der Waals surface area contributed by atoms with Crippen LogP contribution in [0.5, 0.6) is 0 Å². The first-order valence-corrected chi connectivity index (χ1v) is 6.69. The van der Waals surface area contributed by atoms with Crippen molar-refractivity contribution in [1.29, 1.82) is 0 Å². The molecule has 2 aromatic carbocycles. The Hall–Kier alpha value is -2.88. The monoisotopic (exact) mass is 274 g/mol. The van der Waals surface area contributed by atoms with Gasteiger partial charge in [0.05, 0.1) is 5.69 Å². The summed E-state index contributed by atoms with van der Waals surface area (Å²) >= 11 is 0. The lowest BCUT2D eigenvalue weighted by Gasteiger charge is -2.02. The molecule has 1 heterocycles. The summed E-state index contributed by atoms with van der Waals surface area (Å²) in [6.45, 7) is 1.93. The minimum atomic E-state index is 0.560. The Morgan fingerprint density at radius 3 is 2.14 bits per heavy atom. The molecule has 0 saturated carbocycles. The van der Waals surface area contributed by atoms with Crippen molar-refractivity contribution in [1.82, 2.24) is 9.97 Å². The number of nitrogens with zero attached hydrogens (tertiary/aromatic N) is 4. The second kappa shape index (κ2) is 6.05. The highest BCUT2D eigenvalue weighted by atomic mass is 15.2. The van der Waals surface area contributed by atoms with Crippen molar-refractivity contribution in [3.05, 3.63) is 72.4 Å². The van der Waals surface area contributed by atoms with Gasteiger partial charge in [-0.05, 0) is 19.1 Å². The van der Waals surface area contributed by atoms with Gasteiger partial charge in [-0.25, -0.2) is 9.97 Å². The van der Waals surface area contributed by atoms with E-state index < -0.39 is 0 Å². The van der Waals surface area contributed by atoms with Crippen molar-refractivity contribution in [3.63, 3.8) is 0 Å². The first-order chi connectivity index (χ1) is 10.3. The second-order valence-electron chi connectivity index (χ2n) is 4.59. The average Bonchev–Trinajstić information content (AvgIpc) is 2.54. The minimum Gasteiger partial charge on any atom is -0.233 e. The molecule has 0 fully saturated rings. The Balaban J connectivity index is 1.93. The summed E-state index contributed by atoms with van der Waals surface area (Å²) in [6.07, 6.45) is 0. The molecule has 0 atom stereocenters. The van der Waals surface area contributed by atoms with Crippen LogP contribution < -0.4 is 0 Å². The molecule has 1 aromatic heterocycles. The molecule has 0 amide bonds. The third kappa shape index (κ3) is 3.36. The number of hydrogen-bond donors (Lipinski definition) is 0. The Morgan fingerprint density at radius 1 is 0.762 bits per heavy atom. The predicted molar refractivity (Wildman–Crippen MR) is 82.8 cm³/mol. The molecule has 4 nitrogen and oxygen atoms in total. The van der Waals surface area contributed by atoms with Gasteiger partial charge in [-0.15, -0.1) is 10.2 Å². The lowest BCUT2D eigenvalue weighted by atomic mass is 10.2. The van der Waals surface area contributed by atoms with E-state index >= 15 is 0 Å². The Bertz CT molecular complexity index is 752. The Morgan fingerprint density at radius 2 is 1.43 bits per heavy atom. The molecule has 3 aromatic rings. The first kappa shape index (κ1) is 13.1. The maximum atomic E-state index is 4.45. The smallest absolute Gasteiger partial charge is 0.178 e. The van der Waals surface area contributed by atoms with Crippen LogP contribution in [0, 0.1) is 6.92 Å². The summed E-state index contributed by atoms with van der Waals surface area (Å²) < 4.78 is 0. The van der Waals surface area contributed by atoms with Crippen molar-refractivity contribution in [2.45, 2.75) is 6.92 Å². The summed E-state index contributed by atoms with van der Waals surface area (Å²) in [5.41, 5.74) is 2.64. The van der Waals surface area contributed by atoms with E-state index in [9.17, 15) is 0 Å². The number of hydrogen-bond acceptors (Lipinski definition) is 4. The van der Waals surface area contributed by atoms with E-state index in [0.29, 0.717) is 11.6 Å². The zero-order valence-electron chi connectivity index (χ0n) is 11.6. The van der Waals surface area contributed by atoms with Crippen LogP contribution in [0.15, 0.2) is 77.0 Å². The van der Waals surface area contributed by atoms with E-state index in [-0.39, 0.29) is 0 Å². The van der Waals surface area contributed by atoms with Gasteiger partial charge < -0.3 is 0 Å². The van der Waals surface area contributed by atoms with Gasteiger partial charge in [-0.2, -0.15) is 0 Å². The molecule has 4 heteroatoms. The molecule has 102 valence electrons. The van der Waals surface area contributed by atoms with E-state index in [4.69, 9.17) is 0 Å². The SMILES string of the molecule is Cc1cc(N=Nc2ccccc2)nc(-c2ccccc2)n1. The fourth-order valence-corrected chi connectivity index (χ4v) is 1.92. The summed E-state index contributed by atoms with van der Waals surface area (Å²) in [4.78, 5) is 8.89. The van der Waals surface area contributed by atoms with Crippen LogP contribution >= 0.6 is 0 Å². The number of azo groups is 1. The van der Waals surface area contributed by atoms with Crippen molar-refractivity contribution < 1.29 is 0 Å². The van der Waals surface area contributed by atoms with Crippen LogP contribution in [0.4, 0.5) is 11.5 Å². The van der Waals surface area contributed by atoms with E-state index in [1.807, 2.05) is 73.7 Å². The van der Waals surface area contributed by atoms with Crippen LogP contribution in [-0.4, -0.2) is 9.97 Å². The highest BCUT2D eigenvalue weighted by molar-refractivity contribution is 5.56. The Kier molecular flexibility index (Phi) is 3.78. The Labute approximate surface area is 123 Å². The molecule has 0 aliphatic carbocycles. The van der Waals surface area contributed by atoms with Gasteiger partial charge in [-0.1, -0.05) is 48.5 Å². The third-order valence-corrected chi connectivity index (χ3v) is 2.90. The van der Waals surface area contributed by atoms with E-state index in [1.165, 1.54) is 0 Å². The molecular weight excluding hydrogens is 260 g/mol.